The van der Waals surface area contributed by atoms with E-state index in [4.69, 9.17) is 0 Å². The lowest BCUT2D eigenvalue weighted by atomic mass is 10.1. The minimum Gasteiger partial charge on any atom is -0.326 e. The van der Waals surface area contributed by atoms with Crippen molar-refractivity contribution < 1.29 is 9.18 Å². The van der Waals surface area contributed by atoms with E-state index in [0.29, 0.717) is 23.7 Å². The summed E-state index contributed by atoms with van der Waals surface area (Å²) < 4.78 is 14.8. The predicted molar refractivity (Wildman–Crippen MR) is 88.3 cm³/mol. The van der Waals surface area contributed by atoms with Crippen LogP contribution in [-0.2, 0) is 11.2 Å². The highest BCUT2D eigenvalue weighted by molar-refractivity contribution is 5.90. The second-order valence-corrected chi connectivity index (χ2v) is 5.69. The monoisotopic (exact) mass is 327 g/mol. The summed E-state index contributed by atoms with van der Waals surface area (Å²) in [5, 5.41) is 7.02. The fraction of sp³-hybridized carbons (Fsp3) is 0.294. The lowest BCUT2D eigenvalue weighted by molar-refractivity contribution is -0.116. The molecule has 0 aliphatic heterocycles. The zero-order chi connectivity index (χ0) is 17.3. The van der Waals surface area contributed by atoms with Gasteiger partial charge in [-0.05, 0) is 51.0 Å². The van der Waals surface area contributed by atoms with E-state index in [1.165, 1.54) is 12.1 Å². The fourth-order valence-corrected chi connectivity index (χ4v) is 2.70. The highest BCUT2D eigenvalue weighted by Crippen LogP contribution is 2.16. The zero-order valence-electron chi connectivity index (χ0n) is 13.8. The average molecular weight is 327 g/mol. The Morgan fingerprint density at radius 2 is 2.04 bits per heavy atom. The molecule has 0 saturated heterocycles. The largest absolute Gasteiger partial charge is 0.326 e. The highest BCUT2D eigenvalue weighted by Gasteiger charge is 2.13. The lowest BCUT2D eigenvalue weighted by Gasteiger charge is -2.10. The number of hydrogen-bond donors (Lipinski definition) is 1. The molecule has 0 radical (unpaired) electrons. The molecule has 124 valence electrons. The van der Waals surface area contributed by atoms with Crippen LogP contribution in [0.2, 0.25) is 0 Å². The summed E-state index contributed by atoms with van der Waals surface area (Å²) in [4.78, 5) is 20.8. The van der Waals surface area contributed by atoms with Crippen molar-refractivity contribution in [2.24, 2.45) is 0 Å². The van der Waals surface area contributed by atoms with Gasteiger partial charge >= 0.3 is 0 Å². The maximum Gasteiger partial charge on any atom is 0.252 e. The molecule has 2 aromatic heterocycles. The van der Waals surface area contributed by atoms with Gasteiger partial charge in [-0.2, -0.15) is 10.1 Å². The molecule has 0 aliphatic rings. The van der Waals surface area contributed by atoms with E-state index in [1.54, 1.807) is 16.6 Å². The van der Waals surface area contributed by atoms with Crippen LogP contribution < -0.4 is 5.32 Å². The Kier molecular flexibility index (Phi) is 4.24. The van der Waals surface area contributed by atoms with Crippen LogP contribution in [0, 0.1) is 26.6 Å². The molecular formula is C17H18FN5O. The SMILES string of the molecule is Cc1nc2nc(C)c(CCC(=O)Nc3cccc(F)c3)c(C)n2n1. The second-order valence-electron chi connectivity index (χ2n) is 5.69. The third-order valence-corrected chi connectivity index (χ3v) is 3.87. The highest BCUT2D eigenvalue weighted by atomic mass is 19.1. The zero-order valence-corrected chi connectivity index (χ0v) is 13.8. The molecule has 7 heteroatoms. The van der Waals surface area contributed by atoms with E-state index in [1.807, 2.05) is 20.8 Å². The number of fused-ring (bicyclic) bond motifs is 1. The Bertz CT molecular complexity index is 919. The van der Waals surface area contributed by atoms with Crippen LogP contribution in [0.4, 0.5) is 10.1 Å². The predicted octanol–water partition coefficient (Wildman–Crippen LogP) is 2.76. The van der Waals surface area contributed by atoms with E-state index in [0.717, 1.165) is 17.0 Å². The van der Waals surface area contributed by atoms with Crippen LogP contribution in [0.5, 0.6) is 0 Å². The van der Waals surface area contributed by atoms with Crippen LogP contribution in [0.15, 0.2) is 24.3 Å². The van der Waals surface area contributed by atoms with Gasteiger partial charge in [-0.3, -0.25) is 4.79 Å². The number of nitrogens with one attached hydrogen (secondary N) is 1. The normalized spacial score (nSPS) is 11.0. The molecule has 0 fully saturated rings. The maximum absolute atomic E-state index is 13.1. The molecule has 24 heavy (non-hydrogen) atoms. The Morgan fingerprint density at radius 3 is 2.79 bits per heavy atom. The number of aromatic nitrogens is 4. The van der Waals surface area contributed by atoms with Crippen molar-refractivity contribution >= 4 is 17.4 Å². The van der Waals surface area contributed by atoms with Gasteiger partial charge in [-0.1, -0.05) is 6.07 Å². The minimum absolute atomic E-state index is 0.172. The molecule has 0 atom stereocenters. The van der Waals surface area contributed by atoms with Crippen molar-refractivity contribution in [3.8, 4) is 0 Å². The Hall–Kier alpha value is -2.83. The fourth-order valence-electron chi connectivity index (χ4n) is 2.70. The molecule has 3 aromatic rings. The van der Waals surface area contributed by atoms with Crippen molar-refractivity contribution in [3.05, 3.63) is 52.9 Å². The number of hydrogen-bond acceptors (Lipinski definition) is 4. The molecule has 1 amide bonds. The molecular weight excluding hydrogens is 309 g/mol. The molecule has 3 rings (SSSR count). The molecule has 0 saturated carbocycles. The van der Waals surface area contributed by atoms with Crippen LogP contribution in [0.1, 0.15) is 29.2 Å². The van der Waals surface area contributed by atoms with Crippen molar-refractivity contribution in [1.29, 1.82) is 0 Å². The first-order chi connectivity index (χ1) is 11.4. The molecule has 2 heterocycles. The van der Waals surface area contributed by atoms with Crippen LogP contribution in [-0.4, -0.2) is 25.5 Å². The Labute approximate surface area is 138 Å². The van der Waals surface area contributed by atoms with Gasteiger partial charge in [-0.25, -0.2) is 13.9 Å². The third kappa shape index (κ3) is 3.24. The molecule has 6 nitrogen and oxygen atoms in total. The van der Waals surface area contributed by atoms with Gasteiger partial charge in [0.1, 0.15) is 11.6 Å². The lowest BCUT2D eigenvalue weighted by Crippen LogP contribution is -2.14. The van der Waals surface area contributed by atoms with E-state index in [9.17, 15) is 9.18 Å². The molecule has 0 aliphatic carbocycles. The summed E-state index contributed by atoms with van der Waals surface area (Å²) >= 11 is 0. The number of aryl methyl sites for hydroxylation is 3. The standard InChI is InChI=1S/C17H18FN5O/c1-10-15(11(2)23-17(19-10)20-12(3)22-23)7-8-16(24)21-14-6-4-5-13(18)9-14/h4-6,9H,7-8H2,1-3H3,(H,21,24). The van der Waals surface area contributed by atoms with Gasteiger partial charge in [0.25, 0.3) is 5.78 Å². The number of halogens is 1. The number of nitrogens with zero attached hydrogens (tertiary/aromatic N) is 4. The van der Waals surface area contributed by atoms with Crippen molar-refractivity contribution in [1.82, 2.24) is 19.6 Å². The van der Waals surface area contributed by atoms with Crippen molar-refractivity contribution in [3.63, 3.8) is 0 Å². The number of carbonyl (C=O) groups excluding carboxylic acids is 1. The smallest absolute Gasteiger partial charge is 0.252 e. The number of benzene rings is 1. The van der Waals surface area contributed by atoms with Gasteiger partial charge in [0.15, 0.2) is 0 Å². The van der Waals surface area contributed by atoms with Gasteiger partial charge in [0.05, 0.1) is 0 Å². The average Bonchev–Trinajstić information content (AvgIpc) is 2.87. The van der Waals surface area contributed by atoms with Gasteiger partial charge in [-0.15, -0.1) is 0 Å². The number of anilines is 1. The summed E-state index contributed by atoms with van der Waals surface area (Å²) in [6, 6.07) is 5.84. The van der Waals surface area contributed by atoms with Crippen molar-refractivity contribution in [2.45, 2.75) is 33.6 Å². The second kappa shape index (κ2) is 6.35. The van der Waals surface area contributed by atoms with E-state index in [2.05, 4.69) is 20.4 Å². The van der Waals surface area contributed by atoms with E-state index < -0.39 is 0 Å². The molecule has 0 spiro atoms. The number of amides is 1. The van der Waals surface area contributed by atoms with Gasteiger partial charge in [0, 0.05) is 23.5 Å². The minimum atomic E-state index is -0.379. The van der Waals surface area contributed by atoms with Crippen LogP contribution in [0.25, 0.3) is 5.78 Å². The molecule has 1 aromatic carbocycles. The van der Waals surface area contributed by atoms with Crippen molar-refractivity contribution in [2.75, 3.05) is 5.32 Å². The Balaban J connectivity index is 1.74. The van der Waals surface area contributed by atoms with E-state index >= 15 is 0 Å². The van der Waals surface area contributed by atoms with Gasteiger partial charge in [0.2, 0.25) is 5.91 Å². The van der Waals surface area contributed by atoms with Crippen LogP contribution in [0.3, 0.4) is 0 Å². The number of rotatable bonds is 4. The first-order valence-corrected chi connectivity index (χ1v) is 7.69. The van der Waals surface area contributed by atoms with Gasteiger partial charge < -0.3 is 5.32 Å². The maximum atomic E-state index is 13.1. The summed E-state index contributed by atoms with van der Waals surface area (Å²) in [6.45, 7) is 5.65. The summed E-state index contributed by atoms with van der Waals surface area (Å²) in [5.74, 6) is 0.673. The van der Waals surface area contributed by atoms with Crippen LogP contribution >= 0.6 is 0 Å². The molecule has 0 bridgehead atoms. The third-order valence-electron chi connectivity index (χ3n) is 3.87. The first-order valence-electron chi connectivity index (χ1n) is 7.69. The molecule has 0 unspecified atom stereocenters. The first kappa shape index (κ1) is 16.0. The number of carbonyl (C=O) groups is 1. The quantitative estimate of drug-likeness (QED) is 0.800. The summed E-state index contributed by atoms with van der Waals surface area (Å²) in [7, 11) is 0. The summed E-state index contributed by atoms with van der Waals surface area (Å²) in [6.07, 6.45) is 0.805. The topological polar surface area (TPSA) is 72.2 Å². The molecule has 1 N–H and O–H groups in total. The Morgan fingerprint density at radius 1 is 1.25 bits per heavy atom. The summed E-state index contributed by atoms with van der Waals surface area (Å²) in [5.41, 5.74) is 3.19. The van der Waals surface area contributed by atoms with E-state index in [-0.39, 0.29) is 18.1 Å².